The molecule has 1 aliphatic carbocycles. The Bertz CT molecular complexity index is 1020. The summed E-state index contributed by atoms with van der Waals surface area (Å²) in [5.74, 6) is 2.00. The van der Waals surface area contributed by atoms with Gasteiger partial charge in [0.15, 0.2) is 0 Å². The zero-order valence-electron chi connectivity index (χ0n) is 23.9. The van der Waals surface area contributed by atoms with Crippen LogP contribution in [0.15, 0.2) is 23.8 Å². The van der Waals surface area contributed by atoms with Crippen LogP contribution in [0.25, 0.3) is 0 Å². The minimum absolute atomic E-state index is 0.123. The van der Waals surface area contributed by atoms with Crippen LogP contribution >= 0.6 is 0 Å². The summed E-state index contributed by atoms with van der Waals surface area (Å²) in [5, 5.41) is 8.91. The van der Waals surface area contributed by atoms with E-state index in [9.17, 15) is 4.79 Å². The van der Waals surface area contributed by atoms with E-state index in [-0.39, 0.29) is 22.9 Å². The summed E-state index contributed by atoms with van der Waals surface area (Å²) >= 11 is 0. The lowest BCUT2D eigenvalue weighted by Gasteiger charge is -2.47. The third-order valence-electron chi connectivity index (χ3n) is 8.04. The van der Waals surface area contributed by atoms with Crippen LogP contribution in [-0.4, -0.2) is 43.7 Å². The molecule has 0 N–H and O–H groups in total. The Kier molecular flexibility index (Phi) is 8.61. The maximum atomic E-state index is 13.0. The van der Waals surface area contributed by atoms with Crippen molar-refractivity contribution >= 4 is 5.97 Å². The molecule has 198 valence electrons. The fourth-order valence-electron chi connectivity index (χ4n) is 5.81. The summed E-state index contributed by atoms with van der Waals surface area (Å²) in [4.78, 5) is 13.0. The van der Waals surface area contributed by atoms with Crippen LogP contribution in [0, 0.1) is 17.2 Å². The number of hydrogen-bond donors (Lipinski definition) is 0. The first-order valence-electron chi connectivity index (χ1n) is 13.6. The number of esters is 1. The first-order chi connectivity index (χ1) is 16.7. The molecule has 5 heteroatoms. The summed E-state index contributed by atoms with van der Waals surface area (Å²) in [6, 6.07) is 6.55. The van der Waals surface area contributed by atoms with Crippen molar-refractivity contribution in [3.8, 4) is 17.6 Å². The third kappa shape index (κ3) is 6.91. The molecule has 3 rings (SSSR count). The highest BCUT2D eigenvalue weighted by atomic mass is 16.5. The second-order valence-electron chi connectivity index (χ2n) is 13.1. The standard InChI is InChI=1S/C31H47N2O3/c1-22-14-15-25-24(19-22)29-26(35-28(34)13-12-18-33(6,7)8)20-23(21-27(29)36-31(25,4)5)30(2,3)16-10-9-11-17-32/h14,20-21,24-25H,9-13,15-16,18-19H2,1-8H3/q+1/t24-,25-/m1/s1. The van der Waals surface area contributed by atoms with Crippen molar-refractivity contribution in [3.05, 3.63) is 34.9 Å². The van der Waals surface area contributed by atoms with Crippen molar-refractivity contribution < 1.29 is 18.8 Å². The number of carbonyl (C=O) groups excluding carboxylic acids is 1. The number of rotatable bonds is 10. The average Bonchev–Trinajstić information content (AvgIpc) is 2.74. The molecular weight excluding hydrogens is 448 g/mol. The highest BCUT2D eigenvalue weighted by Crippen LogP contribution is 2.55. The molecule has 36 heavy (non-hydrogen) atoms. The molecule has 1 aromatic rings. The maximum Gasteiger partial charge on any atom is 0.311 e. The van der Waals surface area contributed by atoms with E-state index in [0.29, 0.717) is 24.5 Å². The van der Waals surface area contributed by atoms with Crippen molar-refractivity contribution in [1.82, 2.24) is 0 Å². The maximum absolute atomic E-state index is 13.0. The lowest BCUT2D eigenvalue weighted by Crippen LogP contribution is -2.45. The third-order valence-corrected chi connectivity index (χ3v) is 8.04. The van der Waals surface area contributed by atoms with Gasteiger partial charge in [-0.2, -0.15) is 5.26 Å². The molecule has 5 nitrogen and oxygen atoms in total. The van der Waals surface area contributed by atoms with Crippen LogP contribution in [-0.2, 0) is 10.2 Å². The average molecular weight is 496 g/mol. The van der Waals surface area contributed by atoms with Gasteiger partial charge in [-0.25, -0.2) is 0 Å². The van der Waals surface area contributed by atoms with Gasteiger partial charge in [0, 0.05) is 30.2 Å². The number of nitriles is 1. The Balaban J connectivity index is 1.98. The van der Waals surface area contributed by atoms with E-state index < -0.39 is 0 Å². The number of hydrogen-bond acceptors (Lipinski definition) is 4. The Morgan fingerprint density at radius 3 is 2.61 bits per heavy atom. The zero-order chi connectivity index (χ0) is 26.7. The molecule has 0 bridgehead atoms. The van der Waals surface area contributed by atoms with E-state index in [1.54, 1.807) is 0 Å². The van der Waals surface area contributed by atoms with Gasteiger partial charge in [-0.1, -0.05) is 31.9 Å². The number of quaternary nitrogens is 1. The van der Waals surface area contributed by atoms with E-state index in [2.05, 4.69) is 80.0 Å². The van der Waals surface area contributed by atoms with Crippen molar-refractivity contribution in [2.45, 2.75) is 103 Å². The van der Waals surface area contributed by atoms with Crippen molar-refractivity contribution in [3.63, 3.8) is 0 Å². The summed E-state index contributed by atoms with van der Waals surface area (Å²) in [5.41, 5.74) is 3.17. The predicted molar refractivity (Wildman–Crippen MR) is 145 cm³/mol. The molecule has 0 aromatic heterocycles. The van der Waals surface area contributed by atoms with Gasteiger partial charge in [0.2, 0.25) is 0 Å². The number of fused-ring (bicyclic) bond motifs is 3. The molecular formula is C31H47N2O3+. The Labute approximate surface area is 219 Å². The molecule has 0 unspecified atom stereocenters. The summed E-state index contributed by atoms with van der Waals surface area (Å²) < 4.78 is 13.7. The lowest BCUT2D eigenvalue weighted by molar-refractivity contribution is -0.870. The Hall–Kier alpha value is -2.32. The molecule has 1 aliphatic heterocycles. The second kappa shape index (κ2) is 11.0. The molecule has 0 saturated carbocycles. The molecule has 2 aliphatic rings. The molecule has 0 amide bonds. The molecule has 2 atom stereocenters. The quantitative estimate of drug-likeness (QED) is 0.115. The highest BCUT2D eigenvalue weighted by Gasteiger charge is 2.46. The summed E-state index contributed by atoms with van der Waals surface area (Å²) in [6.45, 7) is 12.0. The van der Waals surface area contributed by atoms with Gasteiger partial charge in [-0.3, -0.25) is 4.79 Å². The number of carbonyl (C=O) groups is 1. The molecule has 0 saturated heterocycles. The van der Waals surface area contributed by atoms with Gasteiger partial charge >= 0.3 is 5.97 Å². The normalized spacial score (nSPS) is 20.9. The van der Waals surface area contributed by atoms with Gasteiger partial charge in [-0.05, 0) is 69.6 Å². The first-order valence-corrected chi connectivity index (χ1v) is 13.6. The first kappa shape index (κ1) is 28.3. The van der Waals surface area contributed by atoms with Crippen molar-refractivity contribution in [2.24, 2.45) is 5.92 Å². The largest absolute Gasteiger partial charge is 0.487 e. The van der Waals surface area contributed by atoms with Gasteiger partial charge in [0.1, 0.15) is 17.1 Å². The van der Waals surface area contributed by atoms with Crippen molar-refractivity contribution in [1.29, 1.82) is 5.26 Å². The van der Waals surface area contributed by atoms with Gasteiger partial charge in [-0.15, -0.1) is 0 Å². The van der Waals surface area contributed by atoms with Crippen LogP contribution < -0.4 is 9.47 Å². The molecule has 1 aromatic carbocycles. The smallest absolute Gasteiger partial charge is 0.311 e. The van der Waals surface area contributed by atoms with Crippen LogP contribution in [0.2, 0.25) is 0 Å². The molecule has 0 fully saturated rings. The topological polar surface area (TPSA) is 59.3 Å². The number of benzene rings is 1. The van der Waals surface area contributed by atoms with Crippen LogP contribution in [0.5, 0.6) is 11.5 Å². The predicted octanol–water partition coefficient (Wildman–Crippen LogP) is 7.05. The Morgan fingerprint density at radius 2 is 1.94 bits per heavy atom. The summed E-state index contributed by atoms with van der Waals surface area (Å²) in [7, 11) is 6.42. The minimum atomic E-state index is -0.295. The van der Waals surface area contributed by atoms with Gasteiger partial charge < -0.3 is 14.0 Å². The van der Waals surface area contributed by atoms with Crippen LogP contribution in [0.3, 0.4) is 0 Å². The highest BCUT2D eigenvalue weighted by molar-refractivity contribution is 5.74. The zero-order valence-corrected chi connectivity index (χ0v) is 23.9. The summed E-state index contributed by atoms with van der Waals surface area (Å²) in [6.07, 6.45) is 8.92. The van der Waals surface area contributed by atoms with E-state index >= 15 is 0 Å². The monoisotopic (exact) mass is 495 g/mol. The van der Waals surface area contributed by atoms with Gasteiger partial charge in [0.05, 0.1) is 40.2 Å². The number of unbranched alkanes of at least 4 members (excludes halogenated alkanes) is 2. The fourth-order valence-corrected chi connectivity index (χ4v) is 5.81. The second-order valence-corrected chi connectivity index (χ2v) is 13.1. The lowest BCUT2D eigenvalue weighted by atomic mass is 9.66. The number of ether oxygens (including phenoxy) is 2. The fraction of sp³-hybridized carbons (Fsp3) is 0.677. The van der Waals surface area contributed by atoms with Crippen LogP contribution in [0.4, 0.5) is 0 Å². The number of nitrogens with zero attached hydrogens (tertiary/aromatic N) is 2. The van der Waals surface area contributed by atoms with Crippen molar-refractivity contribution in [2.75, 3.05) is 27.7 Å². The molecule has 0 spiro atoms. The Morgan fingerprint density at radius 1 is 1.22 bits per heavy atom. The van der Waals surface area contributed by atoms with E-state index in [1.165, 1.54) is 5.57 Å². The number of allylic oxidation sites excluding steroid dienone is 2. The van der Waals surface area contributed by atoms with E-state index in [1.807, 2.05) is 0 Å². The van der Waals surface area contributed by atoms with Crippen LogP contribution in [0.1, 0.15) is 103 Å². The SMILES string of the molecule is CC1=CC[C@@H]2[C@@H](C1)c1c(OC(=O)CCC[N+](C)(C)C)cc(C(C)(C)CCCCC#N)cc1OC2(C)C. The van der Waals surface area contributed by atoms with Gasteiger partial charge in [0.25, 0.3) is 0 Å². The molecule has 1 heterocycles. The van der Waals surface area contributed by atoms with E-state index in [4.69, 9.17) is 14.7 Å². The molecule has 0 radical (unpaired) electrons. The van der Waals surface area contributed by atoms with E-state index in [0.717, 1.165) is 66.4 Å². The minimum Gasteiger partial charge on any atom is -0.487 e.